The molecule has 0 aliphatic rings. The second kappa shape index (κ2) is 4.33. The molecule has 0 N–H and O–H groups in total. The van der Waals surface area contributed by atoms with Gasteiger partial charge in [0.05, 0.1) is 12.7 Å². The van der Waals surface area contributed by atoms with E-state index in [-0.39, 0.29) is 9.26 Å². The maximum atomic E-state index is 12.2. The Labute approximate surface area is 96.8 Å². The Kier molecular flexibility index (Phi) is 3.53. The highest BCUT2D eigenvalue weighted by Gasteiger charge is 2.32. The monoisotopic (exact) mass is 331 g/mol. The summed E-state index contributed by atoms with van der Waals surface area (Å²) < 4.78 is 41.1. The van der Waals surface area contributed by atoms with Gasteiger partial charge in [-0.15, -0.1) is 0 Å². The van der Waals surface area contributed by atoms with Gasteiger partial charge in [-0.1, -0.05) is 0 Å². The van der Waals surface area contributed by atoms with Crippen LogP contribution in [0.25, 0.3) is 0 Å². The molecule has 0 aliphatic carbocycles. The average Bonchev–Trinajstić information content (AvgIpc) is 2.15. The van der Waals surface area contributed by atoms with Crippen LogP contribution in [-0.4, -0.2) is 18.1 Å². The molecule has 0 aliphatic heterocycles. The van der Waals surface area contributed by atoms with Crippen molar-refractivity contribution in [2.24, 2.45) is 0 Å². The number of carbonyl (C=O) groups excluding carboxylic acids is 1. The molecule has 0 unspecified atom stereocenters. The predicted octanol–water partition coefficient (Wildman–Crippen LogP) is 2.49. The average molecular weight is 331 g/mol. The van der Waals surface area contributed by atoms with Gasteiger partial charge < -0.3 is 4.74 Å². The number of hydrogen-bond acceptors (Lipinski definition) is 3. The normalized spacial score (nSPS) is 11.3. The molecule has 0 saturated heterocycles. The third-order valence-corrected chi connectivity index (χ3v) is 2.37. The molecule has 7 heteroatoms. The highest BCUT2D eigenvalue weighted by molar-refractivity contribution is 14.1. The van der Waals surface area contributed by atoms with E-state index in [0.717, 1.165) is 13.2 Å². The van der Waals surface area contributed by atoms with Crippen LogP contribution in [0.5, 0.6) is 0 Å². The topological polar surface area (TPSA) is 39.2 Å². The first-order chi connectivity index (χ1) is 6.86. The number of alkyl halides is 3. The van der Waals surface area contributed by atoms with Crippen molar-refractivity contribution >= 4 is 28.6 Å². The van der Waals surface area contributed by atoms with Crippen LogP contribution in [0.4, 0.5) is 13.2 Å². The van der Waals surface area contributed by atoms with Crippen LogP contribution in [0, 0.1) is 3.57 Å². The lowest BCUT2D eigenvalue weighted by atomic mass is 10.2. The minimum atomic E-state index is -4.46. The number of carbonyl (C=O) groups is 1. The molecule has 0 amide bonds. The highest BCUT2D eigenvalue weighted by atomic mass is 127. The van der Waals surface area contributed by atoms with Crippen molar-refractivity contribution < 1.29 is 22.7 Å². The number of rotatable bonds is 1. The minimum Gasteiger partial charge on any atom is -0.464 e. The minimum absolute atomic E-state index is 0.106. The third-order valence-electron chi connectivity index (χ3n) is 1.55. The zero-order valence-corrected chi connectivity index (χ0v) is 9.59. The van der Waals surface area contributed by atoms with Crippen LogP contribution in [0.3, 0.4) is 0 Å². The summed E-state index contributed by atoms with van der Waals surface area (Å²) in [6.07, 6.45) is -3.85. The van der Waals surface area contributed by atoms with E-state index in [1.807, 2.05) is 0 Å². The van der Waals surface area contributed by atoms with E-state index in [2.05, 4.69) is 9.72 Å². The number of pyridine rings is 1. The first-order valence-corrected chi connectivity index (χ1v) is 4.75. The summed E-state index contributed by atoms with van der Waals surface area (Å²) in [5.74, 6) is -0.756. The fourth-order valence-electron chi connectivity index (χ4n) is 0.840. The Morgan fingerprint density at radius 1 is 1.53 bits per heavy atom. The van der Waals surface area contributed by atoms with Gasteiger partial charge in [0.25, 0.3) is 0 Å². The van der Waals surface area contributed by atoms with E-state index in [9.17, 15) is 18.0 Å². The number of aromatic nitrogens is 1. The largest absolute Gasteiger partial charge is 0.464 e. The first kappa shape index (κ1) is 12.2. The van der Waals surface area contributed by atoms with E-state index in [0.29, 0.717) is 6.20 Å². The van der Waals surface area contributed by atoms with Gasteiger partial charge in [-0.05, 0) is 28.7 Å². The molecule has 1 aromatic heterocycles. The quantitative estimate of drug-likeness (QED) is 0.586. The summed E-state index contributed by atoms with van der Waals surface area (Å²) >= 11 is 1.60. The van der Waals surface area contributed by atoms with E-state index in [1.165, 1.54) is 0 Å². The van der Waals surface area contributed by atoms with Crippen LogP contribution in [0.15, 0.2) is 12.3 Å². The smallest absolute Gasteiger partial charge is 0.417 e. The molecular weight excluding hydrogens is 326 g/mol. The standard InChI is InChI=1S/C8H5F3INO2/c1-15-7(14)6-5(12)2-4(3-13-6)8(9,10)11/h2-3H,1H3. The second-order valence-electron chi connectivity index (χ2n) is 2.54. The number of esters is 1. The van der Waals surface area contributed by atoms with Crippen molar-refractivity contribution in [3.63, 3.8) is 0 Å². The summed E-state index contributed by atoms with van der Waals surface area (Å²) in [5.41, 5.74) is -1.01. The van der Waals surface area contributed by atoms with Gasteiger partial charge in [-0.25, -0.2) is 9.78 Å². The maximum absolute atomic E-state index is 12.2. The lowest BCUT2D eigenvalue weighted by Gasteiger charge is -2.07. The number of methoxy groups -OCH3 is 1. The molecule has 0 bridgehead atoms. The molecule has 1 aromatic rings. The van der Waals surface area contributed by atoms with Gasteiger partial charge in [0.15, 0.2) is 5.69 Å². The molecule has 0 saturated carbocycles. The number of hydrogen-bond donors (Lipinski definition) is 0. The van der Waals surface area contributed by atoms with Gasteiger partial charge in [0.2, 0.25) is 0 Å². The van der Waals surface area contributed by atoms with E-state index >= 15 is 0 Å². The molecule has 0 aromatic carbocycles. The molecule has 0 atom stereocenters. The zero-order chi connectivity index (χ0) is 11.6. The number of nitrogens with zero attached hydrogens (tertiary/aromatic N) is 1. The van der Waals surface area contributed by atoms with E-state index < -0.39 is 17.7 Å². The first-order valence-electron chi connectivity index (χ1n) is 3.67. The molecule has 1 rings (SSSR count). The lowest BCUT2D eigenvalue weighted by Crippen LogP contribution is -2.11. The van der Waals surface area contributed by atoms with Gasteiger partial charge in [-0.2, -0.15) is 13.2 Å². The van der Waals surface area contributed by atoms with Gasteiger partial charge >= 0.3 is 12.1 Å². The SMILES string of the molecule is COC(=O)c1ncc(C(F)(F)F)cc1I. The molecule has 0 spiro atoms. The molecule has 0 fully saturated rings. The van der Waals surface area contributed by atoms with Crippen molar-refractivity contribution in [1.29, 1.82) is 0 Å². The Bertz CT molecular complexity index is 392. The summed E-state index contributed by atoms with van der Waals surface area (Å²) in [5, 5.41) is 0. The van der Waals surface area contributed by atoms with Crippen LogP contribution in [0.2, 0.25) is 0 Å². The van der Waals surface area contributed by atoms with Crippen molar-refractivity contribution in [1.82, 2.24) is 4.98 Å². The highest BCUT2D eigenvalue weighted by Crippen LogP contribution is 2.30. The van der Waals surface area contributed by atoms with Crippen LogP contribution < -0.4 is 0 Å². The summed E-state index contributed by atoms with van der Waals surface area (Å²) in [7, 11) is 1.14. The Morgan fingerprint density at radius 2 is 2.13 bits per heavy atom. The predicted molar refractivity (Wildman–Crippen MR) is 53.3 cm³/mol. The maximum Gasteiger partial charge on any atom is 0.417 e. The fraction of sp³-hybridized carbons (Fsp3) is 0.250. The Hall–Kier alpha value is -0.860. The molecule has 3 nitrogen and oxygen atoms in total. The molecular formula is C8H5F3INO2. The van der Waals surface area contributed by atoms with Crippen LogP contribution >= 0.6 is 22.6 Å². The lowest BCUT2D eigenvalue weighted by molar-refractivity contribution is -0.137. The molecule has 82 valence electrons. The van der Waals surface area contributed by atoms with Gasteiger partial charge in [0.1, 0.15) is 0 Å². The van der Waals surface area contributed by atoms with Gasteiger partial charge in [0, 0.05) is 9.77 Å². The van der Waals surface area contributed by atoms with E-state index in [1.54, 1.807) is 22.6 Å². The number of halogens is 4. The van der Waals surface area contributed by atoms with Crippen LogP contribution in [-0.2, 0) is 10.9 Å². The summed E-state index contributed by atoms with van der Waals surface area (Å²) in [6.45, 7) is 0. The molecule has 1 heterocycles. The fourth-order valence-corrected chi connectivity index (χ4v) is 1.53. The van der Waals surface area contributed by atoms with Crippen molar-refractivity contribution in [2.75, 3.05) is 7.11 Å². The summed E-state index contributed by atoms with van der Waals surface area (Å²) in [6, 6.07) is 0.847. The van der Waals surface area contributed by atoms with E-state index in [4.69, 9.17) is 0 Å². The van der Waals surface area contributed by atoms with Crippen molar-refractivity contribution in [3.05, 3.63) is 27.1 Å². The van der Waals surface area contributed by atoms with Crippen LogP contribution in [0.1, 0.15) is 16.1 Å². The molecule has 15 heavy (non-hydrogen) atoms. The molecule has 0 radical (unpaired) electrons. The van der Waals surface area contributed by atoms with Crippen molar-refractivity contribution in [2.45, 2.75) is 6.18 Å². The number of ether oxygens (including phenoxy) is 1. The Balaban J connectivity index is 3.15. The summed E-state index contributed by atoms with van der Waals surface area (Å²) in [4.78, 5) is 14.4. The third kappa shape index (κ3) is 2.80. The zero-order valence-electron chi connectivity index (χ0n) is 7.43. The van der Waals surface area contributed by atoms with Gasteiger partial charge in [-0.3, -0.25) is 0 Å². The second-order valence-corrected chi connectivity index (χ2v) is 3.71. The Morgan fingerprint density at radius 3 is 2.53 bits per heavy atom. The van der Waals surface area contributed by atoms with Crippen molar-refractivity contribution in [3.8, 4) is 0 Å².